The number of rotatable bonds is 3. The highest BCUT2D eigenvalue weighted by Gasteiger charge is 2.39. The zero-order chi connectivity index (χ0) is 19.3. The lowest BCUT2D eigenvalue weighted by molar-refractivity contribution is 0.0693. The van der Waals surface area contributed by atoms with E-state index in [1.165, 1.54) is 0 Å². The molecule has 9 heteroatoms. The second-order valence-electron chi connectivity index (χ2n) is 7.49. The van der Waals surface area contributed by atoms with Gasteiger partial charge in [0.05, 0.1) is 36.5 Å². The number of carboxylic acid groups (broad SMARTS) is 1. The quantitative estimate of drug-likeness (QED) is 0.730. The van der Waals surface area contributed by atoms with Gasteiger partial charge >= 0.3 is 5.97 Å². The number of fused-ring (bicyclic) bond motifs is 3. The van der Waals surface area contributed by atoms with Crippen molar-refractivity contribution in [3.8, 4) is 16.9 Å². The standard InChI is InChI=1S/C21H21FN2O4.2ClH/c22-18-6-17(21(25)26)19(24-13-4-5-14(24)10-27-9-13)7-16(18)15-3-1-2-12-8-23-11-28-20(12)15;;/h1-3,6-7,13-14,23H,4-5,8-11H2,(H,25,26);2*1H. The molecule has 0 saturated carbocycles. The largest absolute Gasteiger partial charge is 0.478 e. The second kappa shape index (κ2) is 8.98. The van der Waals surface area contributed by atoms with Gasteiger partial charge in [-0.2, -0.15) is 0 Å². The number of ether oxygens (including phenoxy) is 2. The zero-order valence-electron chi connectivity index (χ0n) is 16.1. The van der Waals surface area contributed by atoms with Crippen LogP contribution < -0.4 is 15.0 Å². The number of nitrogens with one attached hydrogen (secondary N) is 1. The van der Waals surface area contributed by atoms with Crippen LogP contribution >= 0.6 is 24.8 Å². The number of aromatic carboxylic acids is 1. The van der Waals surface area contributed by atoms with Crippen LogP contribution in [-0.2, 0) is 11.3 Å². The SMILES string of the molecule is Cl.Cl.O=C(O)c1cc(F)c(-c2cccc3c2OCNC3)cc1N1C2CCC1COC2. The molecule has 3 heterocycles. The van der Waals surface area contributed by atoms with Crippen molar-refractivity contribution in [2.24, 2.45) is 0 Å². The van der Waals surface area contributed by atoms with Crippen LogP contribution in [0.5, 0.6) is 5.75 Å². The number of anilines is 1. The second-order valence-corrected chi connectivity index (χ2v) is 7.49. The highest BCUT2D eigenvalue weighted by Crippen LogP contribution is 2.42. The minimum Gasteiger partial charge on any atom is -0.478 e. The number of hydrogen-bond acceptors (Lipinski definition) is 5. The Morgan fingerprint density at radius 3 is 2.57 bits per heavy atom. The van der Waals surface area contributed by atoms with E-state index in [4.69, 9.17) is 9.47 Å². The van der Waals surface area contributed by atoms with Crippen molar-refractivity contribution in [3.63, 3.8) is 0 Å². The molecule has 30 heavy (non-hydrogen) atoms. The van der Waals surface area contributed by atoms with E-state index in [0.717, 1.165) is 24.5 Å². The highest BCUT2D eigenvalue weighted by molar-refractivity contribution is 5.96. The van der Waals surface area contributed by atoms with Gasteiger partial charge < -0.3 is 19.5 Å². The number of hydrogen-bond donors (Lipinski definition) is 2. The smallest absolute Gasteiger partial charge is 0.337 e. The molecule has 2 fully saturated rings. The fourth-order valence-electron chi connectivity index (χ4n) is 4.59. The molecule has 2 aromatic carbocycles. The summed E-state index contributed by atoms with van der Waals surface area (Å²) in [7, 11) is 0. The maximum absolute atomic E-state index is 15.0. The number of carbonyl (C=O) groups is 1. The average Bonchev–Trinajstić information content (AvgIpc) is 2.95. The summed E-state index contributed by atoms with van der Waals surface area (Å²) in [4.78, 5) is 14.0. The van der Waals surface area contributed by atoms with Gasteiger partial charge in [-0.15, -0.1) is 24.8 Å². The zero-order valence-corrected chi connectivity index (χ0v) is 17.7. The Balaban J connectivity index is 0.00000128. The van der Waals surface area contributed by atoms with E-state index in [-0.39, 0.29) is 42.5 Å². The number of carboxylic acids is 1. The monoisotopic (exact) mass is 456 g/mol. The molecule has 6 nitrogen and oxygen atoms in total. The fraction of sp³-hybridized carbons (Fsp3) is 0.381. The summed E-state index contributed by atoms with van der Waals surface area (Å²) in [5.74, 6) is -1.03. The Bertz CT molecular complexity index is 943. The summed E-state index contributed by atoms with van der Waals surface area (Å²) in [6, 6.07) is 8.70. The first-order valence-electron chi connectivity index (χ1n) is 9.52. The summed E-state index contributed by atoms with van der Waals surface area (Å²) >= 11 is 0. The predicted octanol–water partition coefficient (Wildman–Crippen LogP) is 3.84. The number of nitrogens with zero attached hydrogens (tertiary/aromatic N) is 1. The topological polar surface area (TPSA) is 71.0 Å². The summed E-state index contributed by atoms with van der Waals surface area (Å²) in [6.07, 6.45) is 1.90. The predicted molar refractivity (Wildman–Crippen MR) is 116 cm³/mol. The first-order chi connectivity index (χ1) is 13.6. The van der Waals surface area contributed by atoms with Gasteiger partial charge in [-0.05, 0) is 25.0 Å². The Labute approximate surface area is 186 Å². The van der Waals surface area contributed by atoms with E-state index in [9.17, 15) is 9.90 Å². The molecule has 5 rings (SSSR count). The van der Waals surface area contributed by atoms with Crippen molar-refractivity contribution >= 4 is 36.5 Å². The highest BCUT2D eigenvalue weighted by atomic mass is 35.5. The molecule has 0 radical (unpaired) electrons. The molecule has 2 unspecified atom stereocenters. The molecule has 162 valence electrons. The van der Waals surface area contributed by atoms with Crippen molar-refractivity contribution in [1.29, 1.82) is 0 Å². The first kappa shape index (κ1) is 22.6. The van der Waals surface area contributed by atoms with Gasteiger partial charge in [0.15, 0.2) is 0 Å². The van der Waals surface area contributed by atoms with Gasteiger partial charge in [0.2, 0.25) is 0 Å². The van der Waals surface area contributed by atoms with Crippen molar-refractivity contribution in [2.75, 3.05) is 24.8 Å². The van der Waals surface area contributed by atoms with E-state index in [0.29, 0.717) is 49.1 Å². The molecule has 2 aromatic rings. The third-order valence-electron chi connectivity index (χ3n) is 5.86. The van der Waals surface area contributed by atoms with Crippen LogP contribution in [-0.4, -0.2) is 43.1 Å². The first-order valence-corrected chi connectivity index (χ1v) is 9.52. The normalized spacial score (nSPS) is 21.7. The number of benzene rings is 2. The van der Waals surface area contributed by atoms with Gasteiger partial charge in [0.1, 0.15) is 18.3 Å². The molecule has 2 N–H and O–H groups in total. The van der Waals surface area contributed by atoms with Crippen LogP contribution in [0.2, 0.25) is 0 Å². The van der Waals surface area contributed by atoms with Gasteiger partial charge in [0.25, 0.3) is 0 Å². The minimum absolute atomic E-state index is 0. The molecule has 0 spiro atoms. The van der Waals surface area contributed by atoms with Crippen molar-refractivity contribution < 1.29 is 23.8 Å². The molecule has 2 atom stereocenters. The van der Waals surface area contributed by atoms with E-state index >= 15 is 4.39 Å². The third kappa shape index (κ3) is 3.71. The molecule has 0 amide bonds. The van der Waals surface area contributed by atoms with E-state index in [1.807, 2.05) is 18.2 Å². The molecule has 2 saturated heterocycles. The number of halogens is 3. The van der Waals surface area contributed by atoms with Crippen LogP contribution in [0.3, 0.4) is 0 Å². The summed E-state index contributed by atoms with van der Waals surface area (Å²) in [5.41, 5.74) is 2.53. The maximum Gasteiger partial charge on any atom is 0.337 e. The van der Waals surface area contributed by atoms with Crippen LogP contribution in [0.25, 0.3) is 11.1 Å². The minimum atomic E-state index is -1.12. The van der Waals surface area contributed by atoms with Crippen LogP contribution in [0.1, 0.15) is 28.8 Å². The Morgan fingerprint density at radius 1 is 1.13 bits per heavy atom. The Hall–Kier alpha value is -2.06. The van der Waals surface area contributed by atoms with Gasteiger partial charge in [-0.3, -0.25) is 5.32 Å². The lowest BCUT2D eigenvalue weighted by Crippen LogP contribution is -2.46. The lowest BCUT2D eigenvalue weighted by atomic mass is 9.97. The van der Waals surface area contributed by atoms with E-state index in [2.05, 4.69) is 10.2 Å². The molecule has 3 aliphatic heterocycles. The van der Waals surface area contributed by atoms with Gasteiger partial charge in [-0.25, -0.2) is 9.18 Å². The maximum atomic E-state index is 15.0. The van der Waals surface area contributed by atoms with Gasteiger partial charge in [-0.1, -0.05) is 18.2 Å². The van der Waals surface area contributed by atoms with Crippen molar-refractivity contribution in [2.45, 2.75) is 31.5 Å². The average molecular weight is 457 g/mol. The number of morpholine rings is 1. The Morgan fingerprint density at radius 2 is 1.87 bits per heavy atom. The van der Waals surface area contributed by atoms with Crippen molar-refractivity contribution in [1.82, 2.24) is 5.32 Å². The van der Waals surface area contributed by atoms with Crippen molar-refractivity contribution in [3.05, 3.63) is 47.3 Å². The summed E-state index contributed by atoms with van der Waals surface area (Å²) in [6.45, 7) is 2.15. The molecule has 3 aliphatic rings. The molecule has 0 aromatic heterocycles. The summed E-state index contributed by atoms with van der Waals surface area (Å²) < 4.78 is 26.4. The fourth-order valence-corrected chi connectivity index (χ4v) is 4.59. The van der Waals surface area contributed by atoms with E-state index < -0.39 is 11.8 Å². The molecular formula is C21H23Cl2FN2O4. The molecule has 0 aliphatic carbocycles. The third-order valence-corrected chi connectivity index (χ3v) is 5.86. The van der Waals surface area contributed by atoms with Crippen LogP contribution in [0.4, 0.5) is 10.1 Å². The lowest BCUT2D eigenvalue weighted by Gasteiger charge is -2.37. The van der Waals surface area contributed by atoms with Gasteiger partial charge in [0, 0.05) is 23.2 Å². The number of para-hydroxylation sites is 1. The van der Waals surface area contributed by atoms with E-state index in [1.54, 1.807) is 6.07 Å². The molecular weight excluding hydrogens is 434 g/mol. The Kier molecular flexibility index (Phi) is 6.77. The van der Waals surface area contributed by atoms with Crippen LogP contribution in [0.15, 0.2) is 30.3 Å². The summed E-state index contributed by atoms with van der Waals surface area (Å²) in [5, 5.41) is 12.8. The van der Waals surface area contributed by atoms with Crippen LogP contribution in [0, 0.1) is 5.82 Å². The molecule has 2 bridgehead atoms.